The molecule has 0 fully saturated rings. The highest BCUT2D eigenvalue weighted by molar-refractivity contribution is 6.34. The van der Waals surface area contributed by atoms with E-state index in [0.717, 1.165) is 17.7 Å². The summed E-state index contributed by atoms with van der Waals surface area (Å²) in [5.74, 6) is 0.313. The first-order valence-electron chi connectivity index (χ1n) is 6.61. The molecule has 1 aliphatic rings. The standard InChI is InChI=1S/C16H14ClNO3/c17-12-5-3-6-13(18)15(12)16(19)20-9-11-8-10-4-1-2-7-14(10)21-11/h1-7,11H,8-9,18H2. The number of carbonyl (C=O) groups excluding carboxylic acids is 1. The van der Waals surface area contributed by atoms with Gasteiger partial charge in [0.15, 0.2) is 0 Å². The van der Waals surface area contributed by atoms with Gasteiger partial charge in [0.25, 0.3) is 0 Å². The number of hydrogen-bond acceptors (Lipinski definition) is 4. The van der Waals surface area contributed by atoms with Crippen LogP contribution in [0.1, 0.15) is 15.9 Å². The zero-order chi connectivity index (χ0) is 14.8. The normalized spacial score (nSPS) is 16.1. The molecule has 1 unspecified atom stereocenters. The van der Waals surface area contributed by atoms with Crippen LogP contribution >= 0.6 is 11.6 Å². The maximum absolute atomic E-state index is 12.1. The van der Waals surface area contributed by atoms with E-state index in [0.29, 0.717) is 5.69 Å². The summed E-state index contributed by atoms with van der Waals surface area (Å²) in [6, 6.07) is 12.7. The van der Waals surface area contributed by atoms with Crippen molar-refractivity contribution < 1.29 is 14.3 Å². The maximum atomic E-state index is 12.1. The third kappa shape index (κ3) is 2.81. The van der Waals surface area contributed by atoms with Crippen molar-refractivity contribution in [3.05, 3.63) is 58.6 Å². The summed E-state index contributed by atoms with van der Waals surface area (Å²) in [6.07, 6.45) is 0.552. The Morgan fingerprint density at radius 3 is 2.86 bits per heavy atom. The van der Waals surface area contributed by atoms with E-state index in [4.69, 9.17) is 26.8 Å². The van der Waals surface area contributed by atoms with Crippen LogP contribution in [0.5, 0.6) is 5.75 Å². The molecule has 2 aromatic carbocycles. The third-order valence-electron chi connectivity index (χ3n) is 3.36. The number of hydrogen-bond donors (Lipinski definition) is 1. The number of fused-ring (bicyclic) bond motifs is 1. The summed E-state index contributed by atoms with van der Waals surface area (Å²) in [6.45, 7) is 0.165. The maximum Gasteiger partial charge on any atom is 0.341 e. The molecule has 0 amide bonds. The molecule has 21 heavy (non-hydrogen) atoms. The molecule has 3 rings (SSSR count). The van der Waals surface area contributed by atoms with Gasteiger partial charge in [-0.1, -0.05) is 35.9 Å². The number of para-hydroxylation sites is 1. The van der Waals surface area contributed by atoms with E-state index in [-0.39, 0.29) is 23.3 Å². The highest BCUT2D eigenvalue weighted by Gasteiger charge is 2.24. The molecule has 108 valence electrons. The average Bonchev–Trinajstić information content (AvgIpc) is 2.87. The lowest BCUT2D eigenvalue weighted by molar-refractivity contribution is 0.0348. The Hall–Kier alpha value is -2.20. The van der Waals surface area contributed by atoms with Gasteiger partial charge < -0.3 is 15.2 Å². The Morgan fingerprint density at radius 1 is 1.29 bits per heavy atom. The Balaban J connectivity index is 1.63. The molecule has 1 heterocycles. The summed E-state index contributed by atoms with van der Waals surface area (Å²) in [4.78, 5) is 12.1. The lowest BCUT2D eigenvalue weighted by Crippen LogP contribution is -2.23. The van der Waals surface area contributed by atoms with Crippen LogP contribution in [-0.2, 0) is 11.2 Å². The van der Waals surface area contributed by atoms with E-state index in [2.05, 4.69) is 0 Å². The number of anilines is 1. The first kappa shape index (κ1) is 13.8. The highest BCUT2D eigenvalue weighted by Crippen LogP contribution is 2.29. The van der Waals surface area contributed by atoms with Gasteiger partial charge in [-0.2, -0.15) is 0 Å². The predicted molar refractivity (Wildman–Crippen MR) is 80.7 cm³/mol. The lowest BCUT2D eigenvalue weighted by atomic mass is 10.1. The molecular formula is C16H14ClNO3. The van der Waals surface area contributed by atoms with E-state index in [1.807, 2.05) is 24.3 Å². The molecule has 0 saturated heterocycles. The number of halogens is 1. The number of nitrogens with two attached hydrogens (primary N) is 1. The van der Waals surface area contributed by atoms with Crippen LogP contribution < -0.4 is 10.5 Å². The fourth-order valence-electron chi connectivity index (χ4n) is 2.34. The number of carbonyl (C=O) groups is 1. The van der Waals surface area contributed by atoms with Gasteiger partial charge in [0.2, 0.25) is 0 Å². The monoisotopic (exact) mass is 303 g/mol. The Labute approximate surface area is 127 Å². The van der Waals surface area contributed by atoms with E-state index in [1.165, 1.54) is 0 Å². The van der Waals surface area contributed by atoms with Gasteiger partial charge in [0.05, 0.1) is 5.02 Å². The van der Waals surface area contributed by atoms with Gasteiger partial charge in [-0.25, -0.2) is 4.79 Å². The summed E-state index contributed by atoms with van der Waals surface area (Å²) < 4.78 is 11.0. The van der Waals surface area contributed by atoms with Crippen LogP contribution in [0.25, 0.3) is 0 Å². The van der Waals surface area contributed by atoms with Crippen LogP contribution in [-0.4, -0.2) is 18.7 Å². The van der Waals surface area contributed by atoms with Crippen LogP contribution in [0.4, 0.5) is 5.69 Å². The lowest BCUT2D eigenvalue weighted by Gasteiger charge is -2.12. The minimum Gasteiger partial charge on any atom is -0.486 e. The van der Waals surface area contributed by atoms with Crippen LogP contribution in [0.2, 0.25) is 5.02 Å². The molecule has 0 spiro atoms. The quantitative estimate of drug-likeness (QED) is 0.699. The van der Waals surface area contributed by atoms with Crippen molar-refractivity contribution in [1.82, 2.24) is 0 Å². The topological polar surface area (TPSA) is 61.6 Å². The number of ether oxygens (including phenoxy) is 2. The minimum atomic E-state index is -0.530. The van der Waals surface area contributed by atoms with Crippen molar-refractivity contribution >= 4 is 23.3 Å². The molecule has 2 N–H and O–H groups in total. The summed E-state index contributed by atoms with van der Waals surface area (Å²) in [7, 11) is 0. The molecule has 5 heteroatoms. The molecule has 0 aliphatic carbocycles. The van der Waals surface area contributed by atoms with Crippen molar-refractivity contribution in [3.63, 3.8) is 0 Å². The highest BCUT2D eigenvalue weighted by atomic mass is 35.5. The van der Waals surface area contributed by atoms with E-state index in [9.17, 15) is 4.79 Å². The van der Waals surface area contributed by atoms with Gasteiger partial charge in [0.1, 0.15) is 24.0 Å². The van der Waals surface area contributed by atoms with E-state index in [1.54, 1.807) is 18.2 Å². The van der Waals surface area contributed by atoms with Crippen molar-refractivity contribution in [2.24, 2.45) is 0 Å². The van der Waals surface area contributed by atoms with Crippen molar-refractivity contribution in [1.29, 1.82) is 0 Å². The SMILES string of the molecule is Nc1cccc(Cl)c1C(=O)OCC1Cc2ccccc2O1. The second-order valence-electron chi connectivity index (χ2n) is 4.85. The molecule has 1 aliphatic heterocycles. The van der Waals surface area contributed by atoms with Gasteiger partial charge in [0, 0.05) is 12.1 Å². The van der Waals surface area contributed by atoms with Crippen molar-refractivity contribution in [2.45, 2.75) is 12.5 Å². The van der Waals surface area contributed by atoms with Crippen LogP contribution in [0.15, 0.2) is 42.5 Å². The van der Waals surface area contributed by atoms with Gasteiger partial charge in [-0.3, -0.25) is 0 Å². The molecule has 4 nitrogen and oxygen atoms in total. The molecule has 0 aromatic heterocycles. The number of nitrogen functional groups attached to an aromatic ring is 1. The molecule has 1 atom stereocenters. The zero-order valence-corrected chi connectivity index (χ0v) is 12.0. The summed E-state index contributed by atoms with van der Waals surface area (Å²) in [5, 5.41) is 0.288. The van der Waals surface area contributed by atoms with Gasteiger partial charge in [-0.15, -0.1) is 0 Å². The number of esters is 1. The second kappa shape index (κ2) is 5.66. The smallest absolute Gasteiger partial charge is 0.341 e. The van der Waals surface area contributed by atoms with Gasteiger partial charge >= 0.3 is 5.97 Å². The Bertz CT molecular complexity index is 642. The number of rotatable bonds is 3. The van der Waals surface area contributed by atoms with Gasteiger partial charge in [-0.05, 0) is 23.8 Å². The Morgan fingerprint density at radius 2 is 2.10 bits per heavy atom. The van der Waals surface area contributed by atoms with E-state index < -0.39 is 5.97 Å². The van der Waals surface area contributed by atoms with Crippen LogP contribution in [0.3, 0.4) is 0 Å². The first-order chi connectivity index (χ1) is 10.1. The molecule has 0 bridgehead atoms. The minimum absolute atomic E-state index is 0.165. The van der Waals surface area contributed by atoms with Crippen LogP contribution in [0, 0.1) is 0 Å². The third-order valence-corrected chi connectivity index (χ3v) is 3.68. The summed E-state index contributed by atoms with van der Waals surface area (Å²) >= 11 is 5.98. The first-order valence-corrected chi connectivity index (χ1v) is 6.98. The summed E-state index contributed by atoms with van der Waals surface area (Å²) in [5.41, 5.74) is 7.39. The fourth-order valence-corrected chi connectivity index (χ4v) is 2.60. The molecule has 2 aromatic rings. The molecule has 0 radical (unpaired) electrons. The average molecular weight is 304 g/mol. The fraction of sp³-hybridized carbons (Fsp3) is 0.188. The van der Waals surface area contributed by atoms with E-state index >= 15 is 0 Å². The second-order valence-corrected chi connectivity index (χ2v) is 5.26. The predicted octanol–water partition coefficient (Wildman–Crippen LogP) is 3.08. The molecular weight excluding hydrogens is 290 g/mol. The van der Waals surface area contributed by atoms with Crippen molar-refractivity contribution in [3.8, 4) is 5.75 Å². The Kier molecular flexibility index (Phi) is 3.71. The molecule has 0 saturated carbocycles. The number of benzene rings is 2. The van der Waals surface area contributed by atoms with Crippen molar-refractivity contribution in [2.75, 3.05) is 12.3 Å². The zero-order valence-electron chi connectivity index (χ0n) is 11.2. The largest absolute Gasteiger partial charge is 0.486 e.